The van der Waals surface area contributed by atoms with Crippen molar-refractivity contribution in [2.75, 3.05) is 6.61 Å². The van der Waals surface area contributed by atoms with E-state index in [4.69, 9.17) is 4.43 Å². The van der Waals surface area contributed by atoms with Gasteiger partial charge in [0.1, 0.15) is 0 Å². The van der Waals surface area contributed by atoms with Crippen molar-refractivity contribution >= 4 is 9.04 Å². The van der Waals surface area contributed by atoms with Gasteiger partial charge < -0.3 is 4.43 Å². The van der Waals surface area contributed by atoms with Crippen LogP contribution < -0.4 is 0 Å². The van der Waals surface area contributed by atoms with Gasteiger partial charge in [0.05, 0.1) is 0 Å². The van der Waals surface area contributed by atoms with Crippen molar-refractivity contribution in [3.05, 3.63) is 0 Å². The molecule has 1 nitrogen and oxygen atoms in total. The minimum absolute atomic E-state index is 0.164. The van der Waals surface area contributed by atoms with Crippen molar-refractivity contribution in [2.45, 2.75) is 50.4 Å². The van der Waals surface area contributed by atoms with E-state index >= 15 is 0 Å². The molecule has 1 saturated heterocycles. The molecule has 0 saturated carbocycles. The van der Waals surface area contributed by atoms with Crippen LogP contribution in [0.3, 0.4) is 0 Å². The third kappa shape index (κ3) is 4.46. The zero-order valence-electron chi connectivity index (χ0n) is 8.44. The first-order valence-electron chi connectivity index (χ1n) is 5.17. The highest BCUT2D eigenvalue weighted by molar-refractivity contribution is 6.53. The molecule has 1 rings (SSSR count). The van der Waals surface area contributed by atoms with E-state index in [-0.39, 0.29) is 12.0 Å². The second-order valence-corrected chi connectivity index (χ2v) is 7.16. The first-order valence-corrected chi connectivity index (χ1v) is 7.13. The van der Waals surface area contributed by atoms with E-state index in [1.54, 1.807) is 0 Å². The van der Waals surface area contributed by atoms with E-state index in [0.717, 1.165) is 25.5 Å². The SMILES string of the molecule is CC(CCC(F)(F)F)[SiH]1CCCCO1. The molecule has 1 aliphatic heterocycles. The molecule has 1 fully saturated rings. The predicted molar refractivity (Wildman–Crippen MR) is 51.9 cm³/mol. The lowest BCUT2D eigenvalue weighted by Gasteiger charge is -2.26. The summed E-state index contributed by atoms with van der Waals surface area (Å²) >= 11 is 0. The van der Waals surface area contributed by atoms with Gasteiger partial charge >= 0.3 is 6.18 Å². The van der Waals surface area contributed by atoms with E-state index < -0.39 is 21.6 Å². The lowest BCUT2D eigenvalue weighted by atomic mass is 10.2. The largest absolute Gasteiger partial charge is 0.420 e. The zero-order chi connectivity index (χ0) is 10.6. The predicted octanol–water partition coefficient (Wildman–Crippen LogP) is 3.25. The highest BCUT2D eigenvalue weighted by Gasteiger charge is 2.30. The van der Waals surface area contributed by atoms with Crippen LogP contribution in [-0.2, 0) is 4.43 Å². The standard InChI is InChI=1S/C9H17F3OSi/c1-8(4-5-9(10,11)12)14-7-3-2-6-13-14/h8,14H,2-7H2,1H3. The molecular weight excluding hydrogens is 209 g/mol. The van der Waals surface area contributed by atoms with Crippen LogP contribution >= 0.6 is 0 Å². The van der Waals surface area contributed by atoms with Gasteiger partial charge in [0, 0.05) is 13.0 Å². The minimum atomic E-state index is -4.00. The Morgan fingerprint density at radius 1 is 1.36 bits per heavy atom. The maximum atomic E-state index is 12.0. The number of rotatable bonds is 3. The van der Waals surface area contributed by atoms with Crippen LogP contribution in [0.15, 0.2) is 0 Å². The summed E-state index contributed by atoms with van der Waals surface area (Å²) in [6, 6.07) is 1.05. The van der Waals surface area contributed by atoms with Gasteiger partial charge in [-0.2, -0.15) is 13.2 Å². The molecule has 5 heteroatoms. The Morgan fingerprint density at radius 3 is 2.57 bits per heavy atom. The fourth-order valence-corrected chi connectivity index (χ4v) is 4.55. The summed E-state index contributed by atoms with van der Waals surface area (Å²) < 4.78 is 41.4. The van der Waals surface area contributed by atoms with Gasteiger partial charge in [-0.1, -0.05) is 13.3 Å². The molecule has 0 aromatic heterocycles. The average Bonchev–Trinajstić information content (AvgIpc) is 2.14. The molecule has 1 heterocycles. The molecule has 1 aliphatic rings. The molecule has 0 aromatic rings. The summed E-state index contributed by atoms with van der Waals surface area (Å²) in [7, 11) is -1.31. The van der Waals surface area contributed by atoms with Crippen LogP contribution in [0, 0.1) is 0 Å². The molecule has 84 valence electrons. The monoisotopic (exact) mass is 226 g/mol. The molecule has 0 amide bonds. The summed E-state index contributed by atoms with van der Waals surface area (Å²) in [4.78, 5) is 0. The van der Waals surface area contributed by atoms with Crippen LogP contribution in [0.5, 0.6) is 0 Å². The van der Waals surface area contributed by atoms with Gasteiger partial charge in [0.25, 0.3) is 0 Å². The van der Waals surface area contributed by atoms with Gasteiger partial charge in [0.2, 0.25) is 0 Å². The normalized spacial score (nSPS) is 26.1. The van der Waals surface area contributed by atoms with Crippen molar-refractivity contribution in [1.82, 2.24) is 0 Å². The van der Waals surface area contributed by atoms with E-state index in [1.807, 2.05) is 6.92 Å². The molecule has 0 spiro atoms. The maximum Gasteiger partial charge on any atom is 0.389 e. The van der Waals surface area contributed by atoms with Gasteiger partial charge in [-0.15, -0.1) is 0 Å². The quantitative estimate of drug-likeness (QED) is 0.671. The molecular formula is C9H17F3OSi. The van der Waals surface area contributed by atoms with E-state index in [2.05, 4.69) is 0 Å². The third-order valence-corrected chi connectivity index (χ3v) is 5.98. The number of hydrogen-bond acceptors (Lipinski definition) is 1. The Balaban J connectivity index is 2.23. The Morgan fingerprint density at radius 2 is 2.07 bits per heavy atom. The molecule has 0 radical (unpaired) electrons. The van der Waals surface area contributed by atoms with Crippen molar-refractivity contribution in [1.29, 1.82) is 0 Å². The Labute approximate surface area is 84.4 Å². The lowest BCUT2D eigenvalue weighted by molar-refractivity contribution is -0.135. The van der Waals surface area contributed by atoms with Crippen LogP contribution in [-0.4, -0.2) is 21.8 Å². The van der Waals surface area contributed by atoms with E-state index in [1.165, 1.54) is 0 Å². The Bertz CT molecular complexity index is 166. The highest BCUT2D eigenvalue weighted by Crippen LogP contribution is 2.30. The van der Waals surface area contributed by atoms with Crippen LogP contribution in [0.25, 0.3) is 0 Å². The van der Waals surface area contributed by atoms with E-state index in [9.17, 15) is 13.2 Å². The average molecular weight is 226 g/mol. The molecule has 0 bridgehead atoms. The summed E-state index contributed by atoms with van der Waals surface area (Å²) in [5, 5.41) is 0. The molecule has 0 aromatic carbocycles. The number of hydrogen-bond donors (Lipinski definition) is 0. The second kappa shape index (κ2) is 5.16. The van der Waals surface area contributed by atoms with Crippen molar-refractivity contribution in [3.8, 4) is 0 Å². The zero-order valence-corrected chi connectivity index (χ0v) is 9.59. The van der Waals surface area contributed by atoms with Gasteiger partial charge in [0.15, 0.2) is 9.04 Å². The van der Waals surface area contributed by atoms with Gasteiger partial charge in [-0.3, -0.25) is 0 Å². The van der Waals surface area contributed by atoms with Gasteiger partial charge in [-0.05, 0) is 24.4 Å². The number of halogens is 3. The van der Waals surface area contributed by atoms with Crippen LogP contribution in [0.1, 0.15) is 32.6 Å². The first kappa shape index (κ1) is 12.0. The molecule has 0 N–H and O–H groups in total. The first-order chi connectivity index (χ1) is 6.49. The van der Waals surface area contributed by atoms with Crippen molar-refractivity contribution < 1.29 is 17.6 Å². The molecule has 0 aliphatic carbocycles. The van der Waals surface area contributed by atoms with Crippen LogP contribution in [0.2, 0.25) is 11.6 Å². The molecule has 2 unspecified atom stereocenters. The third-order valence-electron chi connectivity index (χ3n) is 2.73. The van der Waals surface area contributed by atoms with Crippen molar-refractivity contribution in [2.24, 2.45) is 0 Å². The van der Waals surface area contributed by atoms with Crippen molar-refractivity contribution in [3.63, 3.8) is 0 Å². The van der Waals surface area contributed by atoms with Gasteiger partial charge in [-0.25, -0.2) is 0 Å². The summed E-state index contributed by atoms with van der Waals surface area (Å²) in [5.74, 6) is 0. The Hall–Kier alpha value is -0.0331. The highest BCUT2D eigenvalue weighted by atomic mass is 28.3. The second-order valence-electron chi connectivity index (χ2n) is 4.04. The summed E-state index contributed by atoms with van der Waals surface area (Å²) in [6.45, 7) is 2.68. The molecule has 14 heavy (non-hydrogen) atoms. The fraction of sp³-hybridized carbons (Fsp3) is 1.00. The summed E-state index contributed by atoms with van der Waals surface area (Å²) in [6.07, 6.45) is -2.18. The lowest BCUT2D eigenvalue weighted by Crippen LogP contribution is -2.28. The molecule has 2 atom stereocenters. The maximum absolute atomic E-state index is 12.0. The Kier molecular flexibility index (Phi) is 4.44. The van der Waals surface area contributed by atoms with Crippen LogP contribution in [0.4, 0.5) is 13.2 Å². The minimum Gasteiger partial charge on any atom is -0.420 e. The smallest absolute Gasteiger partial charge is 0.389 e. The summed E-state index contributed by atoms with van der Waals surface area (Å²) in [5.41, 5.74) is 0.164. The fourth-order valence-electron chi connectivity index (χ4n) is 1.79. The number of alkyl halides is 3. The van der Waals surface area contributed by atoms with E-state index in [0.29, 0.717) is 0 Å². The topological polar surface area (TPSA) is 9.23 Å².